The first-order valence-electron chi connectivity index (χ1n) is 11.0. The molecule has 0 aromatic heterocycles. The Morgan fingerprint density at radius 3 is 2.36 bits per heavy atom. The molecule has 0 unspecified atom stereocenters. The summed E-state index contributed by atoms with van der Waals surface area (Å²) in [5.41, 5.74) is 4.83. The van der Waals surface area contributed by atoms with Gasteiger partial charge in [-0.05, 0) is 73.5 Å². The topological polar surface area (TPSA) is 118 Å². The number of hydrogen-bond donors (Lipinski definition) is 3. The molecule has 0 bridgehead atoms. The highest BCUT2D eigenvalue weighted by Gasteiger charge is 2.13. The van der Waals surface area contributed by atoms with Gasteiger partial charge in [-0.2, -0.15) is 5.10 Å². The van der Waals surface area contributed by atoms with Crippen molar-refractivity contribution in [2.24, 2.45) is 5.10 Å². The van der Waals surface area contributed by atoms with Gasteiger partial charge in [0.15, 0.2) is 18.1 Å². The predicted molar refractivity (Wildman–Crippen MR) is 139 cm³/mol. The molecule has 0 saturated heterocycles. The number of anilines is 2. The molecule has 186 valence electrons. The molecular formula is C26H25ClN4O5. The summed E-state index contributed by atoms with van der Waals surface area (Å²) in [4.78, 5) is 36.2. The van der Waals surface area contributed by atoms with Gasteiger partial charge in [0.05, 0.1) is 12.8 Å². The lowest BCUT2D eigenvalue weighted by Gasteiger charge is -2.13. The van der Waals surface area contributed by atoms with E-state index in [1.54, 1.807) is 42.5 Å². The summed E-state index contributed by atoms with van der Waals surface area (Å²) in [6.45, 7) is 3.91. The second kappa shape index (κ2) is 12.9. The van der Waals surface area contributed by atoms with Crippen molar-refractivity contribution in [3.8, 4) is 11.5 Å². The molecule has 0 aliphatic rings. The zero-order valence-electron chi connectivity index (χ0n) is 19.7. The molecule has 36 heavy (non-hydrogen) atoms. The van der Waals surface area contributed by atoms with E-state index in [0.717, 1.165) is 5.56 Å². The molecule has 0 spiro atoms. The molecule has 0 radical (unpaired) electrons. The van der Waals surface area contributed by atoms with Crippen LogP contribution in [-0.4, -0.2) is 37.1 Å². The van der Waals surface area contributed by atoms with Gasteiger partial charge in [-0.25, -0.2) is 5.43 Å². The van der Waals surface area contributed by atoms with E-state index in [9.17, 15) is 14.4 Å². The number of hydrogen-bond acceptors (Lipinski definition) is 6. The molecule has 0 fully saturated rings. The van der Waals surface area contributed by atoms with E-state index in [4.69, 9.17) is 21.1 Å². The highest BCUT2D eigenvalue weighted by atomic mass is 35.5. The van der Waals surface area contributed by atoms with E-state index in [1.807, 2.05) is 32.0 Å². The fraction of sp³-hybridized carbons (Fsp3) is 0.154. The lowest BCUT2D eigenvalue weighted by atomic mass is 10.2. The van der Waals surface area contributed by atoms with Gasteiger partial charge in [0.1, 0.15) is 0 Å². The first kappa shape index (κ1) is 26.2. The van der Waals surface area contributed by atoms with E-state index in [0.29, 0.717) is 40.1 Å². The summed E-state index contributed by atoms with van der Waals surface area (Å²) >= 11 is 5.86. The van der Waals surface area contributed by atoms with E-state index in [1.165, 1.54) is 12.3 Å². The SMILES string of the molecule is CCOc1cc(/C=N\NC(=O)C(=O)Nc2cccc(Cl)c2)ccc1OCC(=O)Nc1cccc(C)c1. The number of benzene rings is 3. The van der Waals surface area contributed by atoms with Crippen LogP contribution in [0.2, 0.25) is 5.02 Å². The summed E-state index contributed by atoms with van der Waals surface area (Å²) < 4.78 is 11.2. The second-order valence-electron chi connectivity index (χ2n) is 7.51. The molecule has 3 aromatic rings. The van der Waals surface area contributed by atoms with Gasteiger partial charge in [-0.3, -0.25) is 14.4 Å². The molecule has 0 atom stereocenters. The normalized spacial score (nSPS) is 10.5. The van der Waals surface area contributed by atoms with Crippen LogP contribution < -0.4 is 25.5 Å². The summed E-state index contributed by atoms with van der Waals surface area (Å²) in [6.07, 6.45) is 1.35. The minimum Gasteiger partial charge on any atom is -0.490 e. The van der Waals surface area contributed by atoms with Crippen molar-refractivity contribution < 1.29 is 23.9 Å². The van der Waals surface area contributed by atoms with E-state index in [-0.39, 0.29) is 12.5 Å². The monoisotopic (exact) mass is 508 g/mol. The number of amides is 3. The van der Waals surface area contributed by atoms with Gasteiger partial charge in [-0.15, -0.1) is 0 Å². The zero-order chi connectivity index (χ0) is 25.9. The quantitative estimate of drug-likeness (QED) is 0.228. The van der Waals surface area contributed by atoms with Gasteiger partial charge in [0.25, 0.3) is 5.91 Å². The van der Waals surface area contributed by atoms with Gasteiger partial charge >= 0.3 is 11.8 Å². The molecule has 3 rings (SSSR count). The van der Waals surface area contributed by atoms with Crippen LogP contribution in [0.3, 0.4) is 0 Å². The Morgan fingerprint density at radius 1 is 0.889 bits per heavy atom. The maximum Gasteiger partial charge on any atom is 0.329 e. The minimum absolute atomic E-state index is 0.209. The van der Waals surface area contributed by atoms with E-state index in [2.05, 4.69) is 21.2 Å². The Hall–Kier alpha value is -4.37. The number of hydrazone groups is 1. The molecule has 0 saturated carbocycles. The average molecular weight is 509 g/mol. The maximum absolute atomic E-state index is 12.2. The number of nitrogens with one attached hydrogen (secondary N) is 3. The number of rotatable bonds is 9. The zero-order valence-corrected chi connectivity index (χ0v) is 20.5. The van der Waals surface area contributed by atoms with Crippen molar-refractivity contribution in [3.63, 3.8) is 0 Å². The first-order valence-corrected chi connectivity index (χ1v) is 11.4. The maximum atomic E-state index is 12.2. The Bertz CT molecular complexity index is 1280. The van der Waals surface area contributed by atoms with Crippen LogP contribution in [-0.2, 0) is 14.4 Å². The summed E-state index contributed by atoms with van der Waals surface area (Å²) in [5, 5.41) is 9.44. The number of halogens is 1. The van der Waals surface area contributed by atoms with Gasteiger partial charge < -0.3 is 20.1 Å². The molecule has 3 aromatic carbocycles. The van der Waals surface area contributed by atoms with Gasteiger partial charge in [-0.1, -0.05) is 29.8 Å². The Balaban J connectivity index is 1.56. The average Bonchev–Trinajstić information content (AvgIpc) is 2.83. The third kappa shape index (κ3) is 8.14. The molecule has 10 heteroatoms. The third-order valence-electron chi connectivity index (χ3n) is 4.60. The van der Waals surface area contributed by atoms with Gasteiger partial charge in [0.2, 0.25) is 0 Å². The molecule has 0 aliphatic heterocycles. The predicted octanol–water partition coefficient (Wildman–Crippen LogP) is 4.15. The standard InChI is InChI=1S/C26H25ClN4O5/c1-3-35-23-13-18(15-28-31-26(34)25(33)30-21-9-5-7-19(27)14-21)10-11-22(23)36-16-24(32)29-20-8-4-6-17(2)12-20/h4-15H,3,16H2,1-2H3,(H,29,32)(H,30,33)(H,31,34)/b28-15-. The molecule has 3 amide bonds. The highest BCUT2D eigenvalue weighted by Crippen LogP contribution is 2.28. The number of aryl methyl sites for hydroxylation is 1. The number of carbonyl (C=O) groups is 3. The number of ether oxygens (including phenoxy) is 2. The van der Waals surface area contributed by atoms with Crippen molar-refractivity contribution in [1.82, 2.24) is 5.43 Å². The van der Waals surface area contributed by atoms with Crippen LogP contribution in [0, 0.1) is 6.92 Å². The third-order valence-corrected chi connectivity index (χ3v) is 4.83. The fourth-order valence-electron chi connectivity index (χ4n) is 3.03. The van der Waals surface area contributed by atoms with Crippen LogP contribution >= 0.6 is 11.6 Å². The van der Waals surface area contributed by atoms with Crippen molar-refractivity contribution in [2.45, 2.75) is 13.8 Å². The largest absolute Gasteiger partial charge is 0.490 e. The Kier molecular flexibility index (Phi) is 9.41. The smallest absolute Gasteiger partial charge is 0.329 e. The van der Waals surface area contributed by atoms with Crippen molar-refractivity contribution >= 4 is 46.9 Å². The summed E-state index contributed by atoms with van der Waals surface area (Å²) in [6, 6.07) is 18.8. The van der Waals surface area contributed by atoms with Crippen LogP contribution in [0.15, 0.2) is 71.8 Å². The molecule has 0 heterocycles. The van der Waals surface area contributed by atoms with Crippen LogP contribution in [0.1, 0.15) is 18.1 Å². The molecule has 0 aliphatic carbocycles. The number of carbonyl (C=O) groups excluding carboxylic acids is 3. The van der Waals surface area contributed by atoms with E-state index >= 15 is 0 Å². The number of nitrogens with zero attached hydrogens (tertiary/aromatic N) is 1. The van der Waals surface area contributed by atoms with Gasteiger partial charge in [0, 0.05) is 16.4 Å². The highest BCUT2D eigenvalue weighted by molar-refractivity contribution is 6.39. The molecule has 9 nitrogen and oxygen atoms in total. The summed E-state index contributed by atoms with van der Waals surface area (Å²) in [5.74, 6) is -1.38. The Morgan fingerprint density at radius 2 is 1.64 bits per heavy atom. The molecular weight excluding hydrogens is 484 g/mol. The van der Waals surface area contributed by atoms with Crippen LogP contribution in [0.5, 0.6) is 11.5 Å². The Labute approximate surface area is 213 Å². The van der Waals surface area contributed by atoms with Crippen molar-refractivity contribution in [1.29, 1.82) is 0 Å². The second-order valence-corrected chi connectivity index (χ2v) is 7.95. The fourth-order valence-corrected chi connectivity index (χ4v) is 3.22. The minimum atomic E-state index is -0.948. The lowest BCUT2D eigenvalue weighted by Crippen LogP contribution is -2.32. The first-order chi connectivity index (χ1) is 17.3. The summed E-state index contributed by atoms with van der Waals surface area (Å²) in [7, 11) is 0. The lowest BCUT2D eigenvalue weighted by molar-refractivity contribution is -0.136. The van der Waals surface area contributed by atoms with Crippen LogP contribution in [0.4, 0.5) is 11.4 Å². The van der Waals surface area contributed by atoms with Crippen LogP contribution in [0.25, 0.3) is 0 Å². The molecule has 3 N–H and O–H groups in total. The van der Waals surface area contributed by atoms with E-state index < -0.39 is 11.8 Å². The van der Waals surface area contributed by atoms with Crippen molar-refractivity contribution in [2.75, 3.05) is 23.8 Å². The van der Waals surface area contributed by atoms with Crippen molar-refractivity contribution in [3.05, 3.63) is 82.9 Å².